The highest BCUT2D eigenvalue weighted by Gasteiger charge is 2.80. The molecule has 3 aliphatic rings. The summed E-state index contributed by atoms with van der Waals surface area (Å²) in [5.74, 6) is -2.81. The molecule has 0 aromatic heterocycles. The van der Waals surface area contributed by atoms with E-state index in [9.17, 15) is 19.5 Å². The predicted molar refractivity (Wildman–Crippen MR) is 151 cm³/mol. The van der Waals surface area contributed by atoms with E-state index in [-0.39, 0.29) is 42.7 Å². The second-order valence-electron chi connectivity index (χ2n) is 11.6. The van der Waals surface area contributed by atoms with Gasteiger partial charge < -0.3 is 24.5 Å². The molecule has 1 aromatic rings. The van der Waals surface area contributed by atoms with Gasteiger partial charge in [0.2, 0.25) is 11.8 Å². The molecule has 1 aromatic carbocycles. The Labute approximate surface area is 236 Å². The van der Waals surface area contributed by atoms with E-state index < -0.39 is 35.1 Å². The maximum Gasteiger partial charge on any atom is 0.253 e. The minimum Gasteiger partial charge on any atom is -0.394 e. The molecule has 3 amide bonds. The van der Waals surface area contributed by atoms with E-state index in [1.54, 1.807) is 48.4 Å². The summed E-state index contributed by atoms with van der Waals surface area (Å²) in [5.41, 5.74) is -1.68. The Bertz CT molecular complexity index is 1170. The zero-order valence-corrected chi connectivity index (χ0v) is 24.2. The lowest BCUT2D eigenvalue weighted by Crippen LogP contribution is -2.60. The molecule has 1 N–H and O–H groups in total. The fourth-order valence-electron chi connectivity index (χ4n) is 7.08. The van der Waals surface area contributed by atoms with E-state index in [1.807, 2.05) is 27.7 Å². The Morgan fingerprint density at radius 2 is 1.87 bits per heavy atom. The van der Waals surface area contributed by atoms with Gasteiger partial charge >= 0.3 is 0 Å². The average molecular weight is 558 g/mol. The topological polar surface area (TPSA) is 90.4 Å². The molecular weight excluding hydrogens is 518 g/mol. The Kier molecular flexibility index (Phi) is 8.05. The molecule has 1 spiro atoms. The zero-order chi connectivity index (χ0) is 28.9. The number of carbonyl (C=O) groups is 3. The Hall–Kier alpha value is -2.68. The van der Waals surface area contributed by atoms with Crippen LogP contribution in [0.15, 0.2) is 49.6 Å². The van der Waals surface area contributed by atoms with Crippen molar-refractivity contribution in [3.05, 3.63) is 54.6 Å². The van der Waals surface area contributed by atoms with Crippen LogP contribution in [0, 0.1) is 23.7 Å². The molecule has 3 unspecified atom stereocenters. The van der Waals surface area contributed by atoms with Crippen molar-refractivity contribution in [3.8, 4) is 0 Å². The molecule has 3 saturated heterocycles. The normalized spacial score (nSPS) is 31.8. The van der Waals surface area contributed by atoms with E-state index in [0.717, 1.165) is 0 Å². The summed E-state index contributed by atoms with van der Waals surface area (Å²) in [6, 6.07) is 5.32. The van der Waals surface area contributed by atoms with E-state index in [4.69, 9.17) is 16.3 Å². The molecule has 3 aliphatic heterocycles. The molecule has 0 radical (unpaired) electrons. The summed E-state index contributed by atoms with van der Waals surface area (Å²) in [6.45, 7) is 15.4. The number of rotatable bonds is 10. The lowest BCUT2D eigenvalue weighted by atomic mass is 9.62. The second-order valence-corrected chi connectivity index (χ2v) is 12.0. The maximum absolute atomic E-state index is 14.7. The predicted octanol–water partition coefficient (Wildman–Crippen LogP) is 3.53. The van der Waals surface area contributed by atoms with Crippen LogP contribution in [0.5, 0.6) is 0 Å². The van der Waals surface area contributed by atoms with Gasteiger partial charge in [0.25, 0.3) is 5.91 Å². The highest BCUT2D eigenvalue weighted by Crippen LogP contribution is 2.66. The van der Waals surface area contributed by atoms with Gasteiger partial charge in [-0.2, -0.15) is 0 Å². The van der Waals surface area contributed by atoms with Crippen molar-refractivity contribution in [2.24, 2.45) is 23.7 Å². The summed E-state index contributed by atoms with van der Waals surface area (Å²) in [5, 5.41) is 10.8. The van der Waals surface area contributed by atoms with Crippen LogP contribution < -0.4 is 4.90 Å². The summed E-state index contributed by atoms with van der Waals surface area (Å²) in [7, 11) is 1.68. The standard InChI is InChI=1S/C30H40ClN3O5/c1-8-14-32(7)26(36)23-24-27(37)34(22(17-35)18(3)4)25(30(24)16-19(5)29(23,6)39-30)28(38)33(15-9-2)21-13-11-10-12-20(21)31/h8-13,18-19,22-25,35H,1-2,14-17H2,3-7H3/t19?,22-,23-,24-,25?,29+,30?/m0/s1. The van der Waals surface area contributed by atoms with E-state index >= 15 is 0 Å². The van der Waals surface area contributed by atoms with Crippen molar-refractivity contribution in [2.75, 3.05) is 31.6 Å². The van der Waals surface area contributed by atoms with E-state index in [2.05, 4.69) is 13.2 Å². The minimum atomic E-state index is -1.24. The van der Waals surface area contributed by atoms with Crippen molar-refractivity contribution in [2.45, 2.75) is 57.4 Å². The summed E-state index contributed by atoms with van der Waals surface area (Å²) < 4.78 is 6.83. The fraction of sp³-hybridized carbons (Fsp3) is 0.567. The number of amides is 3. The summed E-state index contributed by atoms with van der Waals surface area (Å²) in [6.07, 6.45) is 3.68. The van der Waals surface area contributed by atoms with Crippen molar-refractivity contribution < 1.29 is 24.2 Å². The van der Waals surface area contributed by atoms with Crippen LogP contribution in [0.25, 0.3) is 0 Å². The molecule has 39 heavy (non-hydrogen) atoms. The largest absolute Gasteiger partial charge is 0.394 e. The van der Waals surface area contributed by atoms with Gasteiger partial charge in [0.05, 0.1) is 40.8 Å². The third kappa shape index (κ3) is 4.32. The quantitative estimate of drug-likeness (QED) is 0.445. The lowest BCUT2D eigenvalue weighted by molar-refractivity contribution is -0.154. The number of aliphatic hydroxyl groups is 1. The van der Waals surface area contributed by atoms with Gasteiger partial charge in [0.1, 0.15) is 11.6 Å². The number of aliphatic hydroxyl groups excluding tert-OH is 1. The first kappa shape index (κ1) is 29.3. The van der Waals surface area contributed by atoms with Crippen LogP contribution in [0.4, 0.5) is 5.69 Å². The molecule has 8 nitrogen and oxygen atoms in total. The number of ether oxygens (including phenoxy) is 1. The third-order valence-corrected chi connectivity index (χ3v) is 9.39. The van der Waals surface area contributed by atoms with Crippen molar-refractivity contribution >= 4 is 35.0 Å². The fourth-order valence-corrected chi connectivity index (χ4v) is 7.32. The van der Waals surface area contributed by atoms with Crippen molar-refractivity contribution in [3.63, 3.8) is 0 Å². The Balaban J connectivity index is 1.91. The average Bonchev–Trinajstić information content (AvgIpc) is 3.40. The number of benzene rings is 1. The first-order valence-corrected chi connectivity index (χ1v) is 13.9. The van der Waals surface area contributed by atoms with Gasteiger partial charge in [-0.05, 0) is 37.3 Å². The van der Waals surface area contributed by atoms with Crippen LogP contribution in [0.2, 0.25) is 5.02 Å². The van der Waals surface area contributed by atoms with Crippen LogP contribution in [-0.4, -0.2) is 82.7 Å². The van der Waals surface area contributed by atoms with Crippen LogP contribution >= 0.6 is 11.6 Å². The first-order chi connectivity index (χ1) is 18.4. The molecule has 0 aliphatic carbocycles. The SMILES string of the molecule is C=CCN(C)C(=O)[C@@H]1[C@H]2C(=O)N([C@@H](CO)C(C)C)C(C(=O)N(CC=C)c3ccccc3Cl)C23CC(C)[C@@]1(C)O3. The highest BCUT2D eigenvalue weighted by atomic mass is 35.5. The molecule has 7 atom stereocenters. The summed E-state index contributed by atoms with van der Waals surface area (Å²) >= 11 is 6.54. The van der Waals surface area contributed by atoms with Gasteiger partial charge in [-0.25, -0.2) is 0 Å². The van der Waals surface area contributed by atoms with Crippen molar-refractivity contribution in [1.29, 1.82) is 0 Å². The summed E-state index contributed by atoms with van der Waals surface area (Å²) in [4.78, 5) is 47.6. The molecule has 0 saturated carbocycles. The van der Waals surface area contributed by atoms with Gasteiger partial charge in [-0.1, -0.05) is 56.7 Å². The molecule has 3 fully saturated rings. The van der Waals surface area contributed by atoms with E-state index in [0.29, 0.717) is 23.7 Å². The van der Waals surface area contributed by atoms with Crippen LogP contribution in [0.1, 0.15) is 34.1 Å². The molecular formula is C30H40ClN3O5. The molecule has 9 heteroatoms. The number of hydrogen-bond acceptors (Lipinski definition) is 5. The second kappa shape index (κ2) is 10.7. The number of likely N-dealkylation sites (tertiary alicyclic amines) is 1. The number of para-hydroxylation sites is 1. The van der Waals surface area contributed by atoms with Gasteiger partial charge in [0, 0.05) is 20.1 Å². The number of nitrogens with zero attached hydrogens (tertiary/aromatic N) is 3. The Morgan fingerprint density at radius 1 is 1.23 bits per heavy atom. The smallest absolute Gasteiger partial charge is 0.253 e. The molecule has 2 bridgehead atoms. The van der Waals surface area contributed by atoms with Crippen LogP contribution in [0.3, 0.4) is 0 Å². The highest BCUT2D eigenvalue weighted by molar-refractivity contribution is 6.34. The van der Waals surface area contributed by atoms with Crippen molar-refractivity contribution in [1.82, 2.24) is 9.80 Å². The van der Waals surface area contributed by atoms with Gasteiger partial charge in [0.15, 0.2) is 0 Å². The molecule has 3 heterocycles. The first-order valence-electron chi connectivity index (χ1n) is 13.6. The monoisotopic (exact) mass is 557 g/mol. The number of likely N-dealkylation sites (N-methyl/N-ethyl adjacent to an activating group) is 1. The maximum atomic E-state index is 14.7. The number of anilines is 1. The van der Waals surface area contributed by atoms with Crippen LogP contribution in [-0.2, 0) is 19.1 Å². The number of hydrogen-bond donors (Lipinski definition) is 1. The van der Waals surface area contributed by atoms with Gasteiger partial charge in [-0.15, -0.1) is 13.2 Å². The number of carbonyl (C=O) groups excluding carboxylic acids is 3. The molecule has 212 valence electrons. The number of fused-ring (bicyclic) bond motifs is 1. The Morgan fingerprint density at radius 3 is 2.44 bits per heavy atom. The third-order valence-electron chi connectivity index (χ3n) is 9.07. The molecule has 4 rings (SSSR count). The minimum absolute atomic E-state index is 0.0947. The lowest BCUT2D eigenvalue weighted by Gasteiger charge is -2.40. The zero-order valence-electron chi connectivity index (χ0n) is 23.5. The van der Waals surface area contributed by atoms with Gasteiger partial charge in [-0.3, -0.25) is 14.4 Å². The number of halogens is 1. The van der Waals surface area contributed by atoms with E-state index in [1.165, 1.54) is 9.80 Å².